The molecule has 130 valence electrons. The van der Waals surface area contributed by atoms with E-state index in [2.05, 4.69) is 17.4 Å². The van der Waals surface area contributed by atoms with Crippen LogP contribution in [0.25, 0.3) is 0 Å². The highest BCUT2D eigenvalue weighted by Crippen LogP contribution is 2.27. The van der Waals surface area contributed by atoms with E-state index in [-0.39, 0.29) is 13.2 Å². The smallest absolute Gasteiger partial charge is 0.161 e. The van der Waals surface area contributed by atoms with E-state index in [4.69, 9.17) is 19.3 Å². The Labute approximate surface area is 143 Å². The third-order valence-corrected chi connectivity index (χ3v) is 3.66. The first kappa shape index (κ1) is 18.1. The molecule has 0 aromatic heterocycles. The zero-order valence-electron chi connectivity index (χ0n) is 14.2. The molecule has 0 saturated heterocycles. The van der Waals surface area contributed by atoms with Gasteiger partial charge in [0, 0.05) is 6.54 Å². The topological polar surface area (TPSA) is 60.0 Å². The third-order valence-electron chi connectivity index (χ3n) is 3.66. The van der Waals surface area contributed by atoms with Crippen molar-refractivity contribution in [2.75, 3.05) is 34.0 Å². The molecule has 2 aromatic rings. The standard InChI is InChI=1S/C19H25NO4/c1-22-17-6-3-15(4-7-17)9-10-20-14-16-5-8-18(24-12-11-21)19(13-16)23-2/h3-8,13,20-21H,9-12,14H2,1-2H3. The van der Waals surface area contributed by atoms with Crippen molar-refractivity contribution in [1.82, 2.24) is 5.32 Å². The molecule has 0 amide bonds. The highest BCUT2D eigenvalue weighted by Gasteiger charge is 2.05. The summed E-state index contributed by atoms with van der Waals surface area (Å²) in [6.07, 6.45) is 0.957. The number of nitrogens with one attached hydrogen (secondary N) is 1. The molecule has 5 nitrogen and oxygen atoms in total. The number of hydrogen-bond acceptors (Lipinski definition) is 5. The Balaban J connectivity index is 1.80. The average molecular weight is 331 g/mol. The number of hydrogen-bond donors (Lipinski definition) is 2. The summed E-state index contributed by atoms with van der Waals surface area (Å²) in [6.45, 7) is 1.89. The van der Waals surface area contributed by atoms with Crippen molar-refractivity contribution in [3.8, 4) is 17.2 Å². The molecule has 0 saturated carbocycles. The van der Waals surface area contributed by atoms with Gasteiger partial charge in [-0.25, -0.2) is 0 Å². The van der Waals surface area contributed by atoms with Crippen LogP contribution in [0.1, 0.15) is 11.1 Å². The molecule has 0 aliphatic rings. The lowest BCUT2D eigenvalue weighted by molar-refractivity contribution is 0.196. The van der Waals surface area contributed by atoms with Gasteiger partial charge in [0.2, 0.25) is 0 Å². The van der Waals surface area contributed by atoms with Crippen molar-refractivity contribution < 1.29 is 19.3 Å². The average Bonchev–Trinajstić information content (AvgIpc) is 2.64. The number of aliphatic hydroxyl groups excluding tert-OH is 1. The largest absolute Gasteiger partial charge is 0.497 e. The molecule has 0 aliphatic heterocycles. The van der Waals surface area contributed by atoms with Gasteiger partial charge in [-0.15, -0.1) is 0 Å². The maximum Gasteiger partial charge on any atom is 0.161 e. The van der Waals surface area contributed by atoms with Crippen molar-refractivity contribution in [3.63, 3.8) is 0 Å². The monoisotopic (exact) mass is 331 g/mol. The highest BCUT2D eigenvalue weighted by atomic mass is 16.5. The summed E-state index contributed by atoms with van der Waals surface area (Å²) >= 11 is 0. The van der Waals surface area contributed by atoms with Gasteiger partial charge < -0.3 is 24.6 Å². The van der Waals surface area contributed by atoms with Gasteiger partial charge in [-0.05, 0) is 48.4 Å². The fourth-order valence-electron chi connectivity index (χ4n) is 2.35. The van der Waals surface area contributed by atoms with Crippen LogP contribution >= 0.6 is 0 Å². The van der Waals surface area contributed by atoms with E-state index >= 15 is 0 Å². The minimum Gasteiger partial charge on any atom is -0.497 e. The number of ether oxygens (including phenoxy) is 3. The van der Waals surface area contributed by atoms with Gasteiger partial charge in [0.05, 0.1) is 20.8 Å². The van der Waals surface area contributed by atoms with E-state index in [1.54, 1.807) is 14.2 Å². The van der Waals surface area contributed by atoms with Crippen LogP contribution in [0.3, 0.4) is 0 Å². The Bertz CT molecular complexity index is 613. The number of aliphatic hydroxyl groups is 1. The summed E-state index contributed by atoms with van der Waals surface area (Å²) in [5.74, 6) is 2.20. The molecule has 24 heavy (non-hydrogen) atoms. The van der Waals surface area contributed by atoms with E-state index in [1.807, 2.05) is 30.3 Å². The van der Waals surface area contributed by atoms with Gasteiger partial charge in [0.15, 0.2) is 11.5 Å². The van der Waals surface area contributed by atoms with E-state index in [1.165, 1.54) is 5.56 Å². The van der Waals surface area contributed by atoms with E-state index in [0.717, 1.165) is 30.8 Å². The lowest BCUT2D eigenvalue weighted by Gasteiger charge is -2.12. The van der Waals surface area contributed by atoms with Gasteiger partial charge in [0.1, 0.15) is 12.4 Å². The highest BCUT2D eigenvalue weighted by molar-refractivity contribution is 5.43. The van der Waals surface area contributed by atoms with Crippen LogP contribution in [0.5, 0.6) is 17.2 Å². The summed E-state index contributed by atoms with van der Waals surface area (Å²) in [7, 11) is 3.28. The number of rotatable bonds is 10. The van der Waals surface area contributed by atoms with Crippen LogP contribution in [0, 0.1) is 0 Å². The lowest BCUT2D eigenvalue weighted by Crippen LogP contribution is -2.16. The van der Waals surface area contributed by atoms with Crippen LogP contribution < -0.4 is 19.5 Å². The normalized spacial score (nSPS) is 10.5. The van der Waals surface area contributed by atoms with E-state index in [9.17, 15) is 0 Å². The maximum atomic E-state index is 8.83. The third kappa shape index (κ3) is 5.44. The molecule has 2 rings (SSSR count). The second-order valence-electron chi connectivity index (χ2n) is 5.33. The Morgan fingerprint density at radius 3 is 2.33 bits per heavy atom. The van der Waals surface area contributed by atoms with Crippen LogP contribution in [0.2, 0.25) is 0 Å². The zero-order chi connectivity index (χ0) is 17.2. The second kappa shape index (κ2) is 9.80. The molecular weight excluding hydrogens is 306 g/mol. The van der Waals surface area contributed by atoms with Crippen LogP contribution in [-0.4, -0.2) is 39.1 Å². The van der Waals surface area contributed by atoms with Crippen molar-refractivity contribution >= 4 is 0 Å². The molecule has 5 heteroatoms. The van der Waals surface area contributed by atoms with Crippen molar-refractivity contribution in [2.45, 2.75) is 13.0 Å². The van der Waals surface area contributed by atoms with Crippen LogP contribution in [-0.2, 0) is 13.0 Å². The fourth-order valence-corrected chi connectivity index (χ4v) is 2.35. The molecule has 0 radical (unpaired) electrons. The predicted octanol–water partition coefficient (Wildman–Crippen LogP) is 2.41. The van der Waals surface area contributed by atoms with Crippen LogP contribution in [0.4, 0.5) is 0 Å². The van der Waals surface area contributed by atoms with Gasteiger partial charge in [-0.3, -0.25) is 0 Å². The van der Waals surface area contributed by atoms with Gasteiger partial charge in [0.25, 0.3) is 0 Å². The first-order valence-corrected chi connectivity index (χ1v) is 8.01. The molecular formula is C19H25NO4. The molecule has 0 atom stereocenters. The predicted molar refractivity (Wildman–Crippen MR) is 94.0 cm³/mol. The molecule has 0 bridgehead atoms. The first-order valence-electron chi connectivity index (χ1n) is 8.01. The van der Waals surface area contributed by atoms with Gasteiger partial charge in [-0.1, -0.05) is 18.2 Å². The summed E-state index contributed by atoms with van der Waals surface area (Å²) in [6, 6.07) is 13.9. The Kier molecular flexibility index (Phi) is 7.39. The number of methoxy groups -OCH3 is 2. The summed E-state index contributed by atoms with van der Waals surface area (Å²) in [5.41, 5.74) is 2.39. The Morgan fingerprint density at radius 1 is 0.917 bits per heavy atom. The van der Waals surface area contributed by atoms with Gasteiger partial charge in [-0.2, -0.15) is 0 Å². The Morgan fingerprint density at radius 2 is 1.67 bits per heavy atom. The quantitative estimate of drug-likeness (QED) is 0.655. The van der Waals surface area contributed by atoms with Crippen LogP contribution in [0.15, 0.2) is 42.5 Å². The SMILES string of the molecule is COc1ccc(CCNCc2ccc(OCCO)c(OC)c2)cc1. The molecule has 0 aliphatic carbocycles. The van der Waals surface area contributed by atoms with E-state index in [0.29, 0.717) is 11.5 Å². The Hall–Kier alpha value is -2.24. The lowest BCUT2D eigenvalue weighted by atomic mass is 10.1. The minimum atomic E-state index is -0.0160. The molecule has 2 N–H and O–H groups in total. The van der Waals surface area contributed by atoms with Crippen molar-refractivity contribution in [1.29, 1.82) is 0 Å². The van der Waals surface area contributed by atoms with Crippen molar-refractivity contribution in [3.05, 3.63) is 53.6 Å². The second-order valence-corrected chi connectivity index (χ2v) is 5.33. The van der Waals surface area contributed by atoms with E-state index < -0.39 is 0 Å². The van der Waals surface area contributed by atoms with Gasteiger partial charge >= 0.3 is 0 Å². The maximum absolute atomic E-state index is 8.83. The summed E-state index contributed by atoms with van der Waals surface area (Å²) in [4.78, 5) is 0. The number of benzene rings is 2. The minimum absolute atomic E-state index is 0.0160. The molecule has 2 aromatic carbocycles. The fraction of sp³-hybridized carbons (Fsp3) is 0.368. The molecule has 0 spiro atoms. The summed E-state index contributed by atoms with van der Waals surface area (Å²) in [5, 5.41) is 12.3. The summed E-state index contributed by atoms with van der Waals surface area (Å²) < 4.78 is 15.9. The van der Waals surface area contributed by atoms with Crippen molar-refractivity contribution in [2.24, 2.45) is 0 Å². The molecule has 0 unspecified atom stereocenters. The molecule has 0 fully saturated rings. The first-order chi connectivity index (χ1) is 11.8. The molecule has 0 heterocycles. The zero-order valence-corrected chi connectivity index (χ0v) is 14.2.